The summed E-state index contributed by atoms with van der Waals surface area (Å²) in [5.41, 5.74) is 9.80. The lowest BCUT2D eigenvalue weighted by Gasteiger charge is -2.07. The van der Waals surface area contributed by atoms with Crippen LogP contribution >= 0.6 is 22.6 Å². The highest BCUT2D eigenvalue weighted by molar-refractivity contribution is 14.1. The molecule has 0 radical (unpaired) electrons. The molecule has 1 rings (SSSR count). The van der Waals surface area contributed by atoms with Crippen LogP contribution in [0, 0.1) is 10.5 Å². The third kappa shape index (κ3) is 3.39. The van der Waals surface area contributed by atoms with E-state index in [0.717, 1.165) is 9.13 Å². The van der Waals surface area contributed by atoms with E-state index < -0.39 is 0 Å². The Labute approximate surface area is 107 Å². The summed E-state index contributed by atoms with van der Waals surface area (Å²) in [6, 6.07) is 5.58. The van der Waals surface area contributed by atoms with Crippen LogP contribution in [-0.2, 0) is 0 Å². The summed E-state index contributed by atoms with van der Waals surface area (Å²) in [4.78, 5) is 14.3. The van der Waals surface area contributed by atoms with Gasteiger partial charge in [0, 0.05) is 21.6 Å². The molecule has 0 aliphatic carbocycles. The molecule has 0 aromatic heterocycles. The van der Waals surface area contributed by atoms with Gasteiger partial charge in [-0.15, -0.1) is 0 Å². The third-order valence-electron chi connectivity index (χ3n) is 2.00. The van der Waals surface area contributed by atoms with E-state index in [1.807, 2.05) is 19.1 Å². The Morgan fingerprint density at radius 1 is 1.62 bits per heavy atom. The van der Waals surface area contributed by atoms with E-state index in [1.165, 1.54) is 0 Å². The second kappa shape index (κ2) is 6.34. The zero-order valence-electron chi connectivity index (χ0n) is 8.77. The van der Waals surface area contributed by atoms with E-state index in [2.05, 4.69) is 37.9 Å². The van der Waals surface area contributed by atoms with Crippen molar-refractivity contribution in [2.75, 3.05) is 13.1 Å². The number of hydrogen-bond donors (Lipinski definition) is 1. The first-order valence-electron chi connectivity index (χ1n) is 4.71. The van der Waals surface area contributed by atoms with E-state index >= 15 is 0 Å². The van der Waals surface area contributed by atoms with Crippen molar-refractivity contribution < 1.29 is 4.79 Å². The number of aryl methyl sites for hydroxylation is 1. The summed E-state index contributed by atoms with van der Waals surface area (Å²) in [5, 5.41) is 6.03. The molecule has 84 valence electrons. The zero-order chi connectivity index (χ0) is 12.0. The Kier molecular flexibility index (Phi) is 5.07. The predicted octanol–water partition coefficient (Wildman–Crippen LogP) is 2.64. The minimum atomic E-state index is -0.138. The van der Waals surface area contributed by atoms with Gasteiger partial charge in [-0.05, 0) is 46.7 Å². The minimum Gasteiger partial charge on any atom is -0.352 e. The van der Waals surface area contributed by atoms with Gasteiger partial charge in [0.25, 0.3) is 5.91 Å². The van der Waals surface area contributed by atoms with Crippen molar-refractivity contribution in [1.29, 1.82) is 0 Å². The molecule has 6 heteroatoms. The number of hydrogen-bond acceptors (Lipinski definition) is 2. The van der Waals surface area contributed by atoms with Gasteiger partial charge in [0.1, 0.15) is 0 Å². The molecule has 1 amide bonds. The molecular weight excluding hydrogens is 319 g/mol. The number of carbonyl (C=O) groups is 1. The van der Waals surface area contributed by atoms with Gasteiger partial charge in [-0.1, -0.05) is 17.2 Å². The summed E-state index contributed by atoms with van der Waals surface area (Å²) < 4.78 is 0.946. The fourth-order valence-corrected chi connectivity index (χ4v) is 1.79. The fourth-order valence-electron chi connectivity index (χ4n) is 1.18. The average Bonchev–Trinajstić information content (AvgIpc) is 2.28. The van der Waals surface area contributed by atoms with Gasteiger partial charge in [-0.25, -0.2) is 0 Å². The molecule has 0 unspecified atom stereocenters. The van der Waals surface area contributed by atoms with Crippen molar-refractivity contribution in [3.05, 3.63) is 43.3 Å². The Bertz CT molecular complexity index is 440. The molecule has 1 aromatic rings. The van der Waals surface area contributed by atoms with Crippen molar-refractivity contribution in [3.63, 3.8) is 0 Å². The molecule has 0 aliphatic rings. The maximum Gasteiger partial charge on any atom is 0.252 e. The number of amides is 1. The summed E-state index contributed by atoms with van der Waals surface area (Å²) in [6.07, 6.45) is 0. The molecule has 5 nitrogen and oxygen atoms in total. The first-order chi connectivity index (χ1) is 7.66. The number of nitrogens with zero attached hydrogens (tertiary/aromatic N) is 3. The molecule has 0 saturated heterocycles. The van der Waals surface area contributed by atoms with Crippen molar-refractivity contribution in [2.24, 2.45) is 5.11 Å². The Hall–Kier alpha value is -1.27. The van der Waals surface area contributed by atoms with Crippen molar-refractivity contribution in [3.8, 4) is 0 Å². The van der Waals surface area contributed by atoms with Gasteiger partial charge in [-0.3, -0.25) is 4.79 Å². The zero-order valence-corrected chi connectivity index (χ0v) is 10.9. The number of benzene rings is 1. The molecule has 1 aromatic carbocycles. The minimum absolute atomic E-state index is 0.138. The normalized spacial score (nSPS) is 9.38. The number of azide groups is 1. The lowest BCUT2D eigenvalue weighted by Crippen LogP contribution is -2.26. The quantitative estimate of drug-likeness (QED) is 0.298. The third-order valence-corrected chi connectivity index (χ3v) is 3.43. The van der Waals surface area contributed by atoms with Crippen LogP contribution in [0.25, 0.3) is 10.4 Å². The largest absolute Gasteiger partial charge is 0.352 e. The van der Waals surface area contributed by atoms with Crippen LogP contribution in [0.3, 0.4) is 0 Å². The van der Waals surface area contributed by atoms with Crippen molar-refractivity contribution >= 4 is 28.5 Å². The molecule has 0 heterocycles. The molecular formula is C10H11IN4O. The second-order valence-electron chi connectivity index (χ2n) is 3.15. The van der Waals surface area contributed by atoms with Crippen LogP contribution in [0.5, 0.6) is 0 Å². The lowest BCUT2D eigenvalue weighted by atomic mass is 10.1. The Morgan fingerprint density at radius 2 is 2.38 bits per heavy atom. The molecule has 1 N–H and O–H groups in total. The van der Waals surface area contributed by atoms with E-state index in [4.69, 9.17) is 5.53 Å². The topological polar surface area (TPSA) is 77.9 Å². The van der Waals surface area contributed by atoms with Gasteiger partial charge >= 0.3 is 0 Å². The van der Waals surface area contributed by atoms with Gasteiger partial charge in [0.05, 0.1) is 5.56 Å². The van der Waals surface area contributed by atoms with Gasteiger partial charge in [-0.2, -0.15) is 0 Å². The molecule has 0 saturated carbocycles. The monoisotopic (exact) mass is 330 g/mol. The molecule has 0 atom stereocenters. The van der Waals surface area contributed by atoms with Crippen LogP contribution < -0.4 is 5.32 Å². The van der Waals surface area contributed by atoms with E-state index in [1.54, 1.807) is 6.07 Å². The van der Waals surface area contributed by atoms with Gasteiger partial charge in [0.15, 0.2) is 0 Å². The number of rotatable bonds is 4. The average molecular weight is 330 g/mol. The summed E-state index contributed by atoms with van der Waals surface area (Å²) >= 11 is 2.15. The summed E-state index contributed by atoms with van der Waals surface area (Å²) in [6.45, 7) is 2.58. The summed E-state index contributed by atoms with van der Waals surface area (Å²) in [7, 11) is 0. The molecule has 0 bridgehead atoms. The Morgan fingerprint density at radius 3 is 3.06 bits per heavy atom. The lowest BCUT2D eigenvalue weighted by molar-refractivity contribution is 0.0954. The van der Waals surface area contributed by atoms with Crippen molar-refractivity contribution in [1.82, 2.24) is 5.32 Å². The maximum absolute atomic E-state index is 11.7. The van der Waals surface area contributed by atoms with Crippen LogP contribution in [0.1, 0.15) is 15.9 Å². The highest BCUT2D eigenvalue weighted by atomic mass is 127. The van der Waals surface area contributed by atoms with Gasteiger partial charge in [0.2, 0.25) is 0 Å². The molecule has 16 heavy (non-hydrogen) atoms. The van der Waals surface area contributed by atoms with Crippen LogP contribution in [0.15, 0.2) is 23.3 Å². The highest BCUT2D eigenvalue weighted by Gasteiger charge is 2.09. The summed E-state index contributed by atoms with van der Waals surface area (Å²) in [5.74, 6) is -0.138. The van der Waals surface area contributed by atoms with E-state index in [-0.39, 0.29) is 12.5 Å². The molecule has 0 fully saturated rings. The molecule has 0 aliphatic heterocycles. The van der Waals surface area contributed by atoms with Crippen LogP contribution in [-0.4, -0.2) is 19.0 Å². The molecule has 0 spiro atoms. The highest BCUT2D eigenvalue weighted by Crippen LogP contribution is 2.16. The first kappa shape index (κ1) is 12.8. The number of nitrogens with one attached hydrogen (secondary N) is 1. The second-order valence-corrected chi connectivity index (χ2v) is 4.23. The predicted molar refractivity (Wildman–Crippen MR) is 70.2 cm³/mol. The van der Waals surface area contributed by atoms with Crippen molar-refractivity contribution in [2.45, 2.75) is 6.92 Å². The van der Waals surface area contributed by atoms with Crippen LogP contribution in [0.2, 0.25) is 0 Å². The van der Waals surface area contributed by atoms with Gasteiger partial charge < -0.3 is 5.32 Å². The SMILES string of the molecule is Cc1cccc(C(=O)NCCN=[N+]=[N-])c1I. The fraction of sp³-hybridized carbons (Fsp3) is 0.300. The maximum atomic E-state index is 11.7. The first-order valence-corrected chi connectivity index (χ1v) is 5.79. The van der Waals surface area contributed by atoms with E-state index in [0.29, 0.717) is 12.1 Å². The van der Waals surface area contributed by atoms with E-state index in [9.17, 15) is 4.79 Å². The van der Waals surface area contributed by atoms with Crippen LogP contribution in [0.4, 0.5) is 0 Å². The Balaban J connectivity index is 2.66. The number of halogens is 1. The number of carbonyl (C=O) groups excluding carboxylic acids is 1. The standard InChI is InChI=1S/C10H11IN4O/c1-7-3-2-4-8(9(7)11)10(16)13-5-6-14-15-12/h2-4H,5-6H2,1H3,(H,13,16). The smallest absolute Gasteiger partial charge is 0.252 e.